The maximum atomic E-state index is 11.6. The number of carbonyl (C=O) groups excluding carboxylic acids is 5. The van der Waals surface area contributed by atoms with Crippen molar-refractivity contribution in [3.63, 3.8) is 0 Å². The smallest absolute Gasteiger partial charge is 0.303 e. The third kappa shape index (κ3) is 7.08. The molecule has 4 atom stereocenters. The van der Waals surface area contributed by atoms with Crippen LogP contribution in [0.4, 0.5) is 0 Å². The van der Waals surface area contributed by atoms with Crippen LogP contribution in [-0.2, 0) is 42.9 Å². The highest BCUT2D eigenvalue weighted by atomic mass is 16.6. The largest absolute Gasteiger partial charge is 0.461 e. The molecule has 0 fully saturated rings. The minimum absolute atomic E-state index is 0.270. The lowest BCUT2D eigenvalue weighted by Crippen LogP contribution is -2.58. The third-order valence-corrected chi connectivity index (χ3v) is 3.44. The van der Waals surface area contributed by atoms with E-state index in [9.17, 15) is 24.0 Å². The Hall–Kier alpha value is -2.91. The topological polar surface area (TPSA) is 134 Å². The van der Waals surface area contributed by atoms with Crippen molar-refractivity contribution in [2.45, 2.75) is 59.0 Å². The van der Waals surface area contributed by atoms with Crippen LogP contribution < -0.4 is 5.32 Å². The Morgan fingerprint density at radius 2 is 1.33 bits per heavy atom. The highest BCUT2D eigenvalue weighted by Gasteiger charge is 2.47. The Morgan fingerprint density at radius 1 is 0.815 bits per heavy atom. The predicted octanol–water partition coefficient (Wildman–Crippen LogP) is -0.211. The Kier molecular flexibility index (Phi) is 7.95. The van der Waals surface area contributed by atoms with Gasteiger partial charge >= 0.3 is 23.9 Å². The number of nitrogens with one attached hydrogen (secondary N) is 1. The first-order valence-corrected chi connectivity index (χ1v) is 8.14. The molecule has 1 aliphatic rings. The maximum Gasteiger partial charge on any atom is 0.303 e. The molecule has 0 aliphatic heterocycles. The van der Waals surface area contributed by atoms with Crippen molar-refractivity contribution in [2.24, 2.45) is 0 Å². The van der Waals surface area contributed by atoms with Crippen LogP contribution >= 0.6 is 0 Å². The molecule has 0 aromatic rings. The first kappa shape index (κ1) is 22.1. The van der Waals surface area contributed by atoms with Gasteiger partial charge in [0.2, 0.25) is 5.91 Å². The predicted molar refractivity (Wildman–Crippen MR) is 89.0 cm³/mol. The van der Waals surface area contributed by atoms with E-state index in [4.69, 9.17) is 18.9 Å². The van der Waals surface area contributed by atoms with Crippen LogP contribution in [0, 0.1) is 0 Å². The molecule has 0 heterocycles. The number of rotatable bonds is 6. The summed E-state index contributed by atoms with van der Waals surface area (Å²) in [7, 11) is 0. The van der Waals surface area contributed by atoms with Gasteiger partial charge in [-0.05, 0) is 0 Å². The quantitative estimate of drug-likeness (QED) is 0.374. The summed E-state index contributed by atoms with van der Waals surface area (Å²) < 4.78 is 20.7. The summed E-state index contributed by atoms with van der Waals surface area (Å²) in [5.41, 5.74) is 0.272. The van der Waals surface area contributed by atoms with Crippen molar-refractivity contribution < 1.29 is 42.9 Å². The van der Waals surface area contributed by atoms with Gasteiger partial charge in [0.15, 0.2) is 18.3 Å². The standard InChI is InChI=1S/C17H23NO9/c1-8(19)18-14-6-13(7-24-9(2)20)15(25-10(3)21)17(27-12(5)23)16(14)26-11(4)22/h6,14-17H,7H2,1-5H3,(H,18,19)/t14-,15-,16-,17-/m0/s1. The highest BCUT2D eigenvalue weighted by molar-refractivity contribution is 5.74. The number of amides is 1. The molecule has 0 aromatic heterocycles. The number of esters is 4. The van der Waals surface area contributed by atoms with Crippen molar-refractivity contribution in [1.29, 1.82) is 0 Å². The van der Waals surface area contributed by atoms with Crippen LogP contribution in [0.25, 0.3) is 0 Å². The van der Waals surface area contributed by atoms with Crippen LogP contribution in [0.15, 0.2) is 11.6 Å². The SMILES string of the molecule is CC(=O)N[C@H]1C=C(COC(C)=O)[C@H](OC(C)=O)[C@H](OC(C)=O)[C@H]1OC(C)=O. The lowest BCUT2D eigenvalue weighted by atomic mass is 9.87. The molecule has 27 heavy (non-hydrogen) atoms. The van der Waals surface area contributed by atoms with Gasteiger partial charge in [-0.25, -0.2) is 0 Å². The zero-order chi connectivity index (χ0) is 20.7. The van der Waals surface area contributed by atoms with Crippen molar-refractivity contribution in [2.75, 3.05) is 6.61 Å². The highest BCUT2D eigenvalue weighted by Crippen LogP contribution is 2.28. The van der Waals surface area contributed by atoms with Gasteiger partial charge < -0.3 is 24.3 Å². The van der Waals surface area contributed by atoms with Crippen molar-refractivity contribution >= 4 is 29.8 Å². The first-order chi connectivity index (χ1) is 12.5. The molecular formula is C17H23NO9. The van der Waals surface area contributed by atoms with E-state index >= 15 is 0 Å². The van der Waals surface area contributed by atoms with Gasteiger partial charge in [0, 0.05) is 40.2 Å². The second kappa shape index (κ2) is 9.70. The van der Waals surface area contributed by atoms with E-state index < -0.39 is 54.1 Å². The van der Waals surface area contributed by atoms with Crippen LogP contribution in [0.2, 0.25) is 0 Å². The van der Waals surface area contributed by atoms with Crippen molar-refractivity contribution in [3.05, 3.63) is 11.6 Å². The van der Waals surface area contributed by atoms with Crippen molar-refractivity contribution in [1.82, 2.24) is 5.32 Å². The fourth-order valence-electron chi connectivity index (χ4n) is 2.66. The summed E-state index contributed by atoms with van der Waals surface area (Å²) >= 11 is 0. The van der Waals surface area contributed by atoms with Gasteiger partial charge in [0.05, 0.1) is 6.04 Å². The monoisotopic (exact) mass is 385 g/mol. The van der Waals surface area contributed by atoms with Gasteiger partial charge in [0.25, 0.3) is 0 Å². The van der Waals surface area contributed by atoms with Crippen LogP contribution in [0.1, 0.15) is 34.6 Å². The molecule has 10 nitrogen and oxygen atoms in total. The summed E-state index contributed by atoms with van der Waals surface area (Å²) in [6.45, 7) is 5.61. The Labute approximate surface area is 156 Å². The first-order valence-electron chi connectivity index (χ1n) is 8.14. The maximum absolute atomic E-state index is 11.6. The van der Waals surface area contributed by atoms with Crippen LogP contribution in [0.3, 0.4) is 0 Å². The summed E-state index contributed by atoms with van der Waals surface area (Å²) in [6, 6.07) is -0.895. The summed E-state index contributed by atoms with van der Waals surface area (Å²) in [5.74, 6) is -3.12. The molecule has 0 unspecified atom stereocenters. The van der Waals surface area contributed by atoms with Gasteiger partial charge in [-0.3, -0.25) is 24.0 Å². The summed E-state index contributed by atoms with van der Waals surface area (Å²) in [6.07, 6.45) is -2.12. The van der Waals surface area contributed by atoms with Crippen LogP contribution in [0.5, 0.6) is 0 Å². The van der Waals surface area contributed by atoms with E-state index in [1.54, 1.807) is 0 Å². The Balaban J connectivity index is 3.40. The molecule has 0 saturated heterocycles. The molecule has 0 spiro atoms. The van der Waals surface area contributed by atoms with E-state index in [0.29, 0.717) is 0 Å². The molecule has 1 N–H and O–H groups in total. The molecule has 0 bridgehead atoms. The fourth-order valence-corrected chi connectivity index (χ4v) is 2.66. The van der Waals surface area contributed by atoms with E-state index in [2.05, 4.69) is 5.32 Å². The molecular weight excluding hydrogens is 362 g/mol. The van der Waals surface area contributed by atoms with Gasteiger partial charge in [-0.1, -0.05) is 6.08 Å². The zero-order valence-electron chi connectivity index (χ0n) is 15.8. The lowest BCUT2D eigenvalue weighted by Gasteiger charge is -2.40. The van der Waals surface area contributed by atoms with E-state index in [1.807, 2.05) is 0 Å². The molecule has 0 aromatic carbocycles. The number of ether oxygens (including phenoxy) is 4. The van der Waals surface area contributed by atoms with E-state index in [1.165, 1.54) is 19.9 Å². The number of carbonyl (C=O) groups is 5. The number of hydrogen-bond donors (Lipinski definition) is 1. The molecule has 150 valence electrons. The molecule has 10 heteroatoms. The Bertz CT molecular complexity index is 655. The minimum atomic E-state index is -1.25. The average molecular weight is 385 g/mol. The van der Waals surface area contributed by atoms with E-state index in [-0.39, 0.29) is 12.2 Å². The summed E-state index contributed by atoms with van der Waals surface area (Å²) in [5, 5.41) is 2.57. The van der Waals surface area contributed by atoms with E-state index in [0.717, 1.165) is 20.8 Å². The number of hydrogen-bond acceptors (Lipinski definition) is 9. The zero-order valence-corrected chi connectivity index (χ0v) is 15.8. The molecule has 0 radical (unpaired) electrons. The van der Waals surface area contributed by atoms with Gasteiger partial charge in [0.1, 0.15) is 6.61 Å². The van der Waals surface area contributed by atoms with Gasteiger partial charge in [-0.2, -0.15) is 0 Å². The summed E-state index contributed by atoms with van der Waals surface area (Å²) in [4.78, 5) is 57.4. The second-order valence-electron chi connectivity index (χ2n) is 5.93. The third-order valence-electron chi connectivity index (χ3n) is 3.44. The average Bonchev–Trinajstić information content (AvgIpc) is 2.49. The molecule has 1 rings (SSSR count). The van der Waals surface area contributed by atoms with Gasteiger partial charge in [-0.15, -0.1) is 0 Å². The Morgan fingerprint density at radius 3 is 1.78 bits per heavy atom. The molecule has 0 saturated carbocycles. The van der Waals surface area contributed by atoms with Crippen molar-refractivity contribution in [3.8, 4) is 0 Å². The van der Waals surface area contributed by atoms with Crippen LogP contribution in [-0.4, -0.2) is 60.7 Å². The normalized spacial score (nSPS) is 24.1. The molecule has 1 amide bonds. The minimum Gasteiger partial charge on any atom is -0.461 e. The fraction of sp³-hybridized carbons (Fsp3) is 0.588. The molecule has 1 aliphatic carbocycles. The lowest BCUT2D eigenvalue weighted by molar-refractivity contribution is -0.184. The second-order valence-corrected chi connectivity index (χ2v) is 5.93.